The molecule has 4 aromatic rings. The Morgan fingerprint density at radius 3 is 1.42 bits per heavy atom. The smallest absolute Gasteiger partial charge is 0.472 e. The number of quaternary nitrogens is 1. The Morgan fingerprint density at radius 1 is 0.531 bits per heavy atom. The molecule has 0 saturated heterocycles. The van der Waals surface area contributed by atoms with Gasteiger partial charge in [0.05, 0.1) is 63.7 Å². The fraction of sp³-hybridized carbons (Fsp3) is 0.458. The van der Waals surface area contributed by atoms with Crippen molar-refractivity contribution in [1.82, 2.24) is 0 Å². The number of carbonyl (C=O) groups is 2. The lowest BCUT2D eigenvalue weighted by Gasteiger charge is -2.24. The summed E-state index contributed by atoms with van der Waals surface area (Å²) in [4.78, 5) is 35.6. The number of likely N-dealkylation sites (N-methyl/N-ethyl adjacent to an activating group) is 1. The van der Waals surface area contributed by atoms with E-state index >= 15 is 0 Å². The highest BCUT2D eigenvalue weighted by Crippen LogP contribution is 2.43. The normalized spacial score (nSPS) is 13.1. The highest BCUT2D eigenvalue weighted by atomic mass is 31.2. The quantitative estimate of drug-likeness (QED) is 0.0163. The lowest BCUT2D eigenvalue weighted by atomic mass is 10.1. The number of phosphoric acid groups is 1. The maximum absolute atomic E-state index is 12.8. The summed E-state index contributed by atoms with van der Waals surface area (Å²) in [6.07, 6.45) is 7.57. The van der Waals surface area contributed by atoms with Crippen molar-refractivity contribution in [2.75, 3.05) is 60.7 Å². The maximum atomic E-state index is 12.8. The molecule has 15 nitrogen and oxygen atoms in total. The molecule has 4 rings (SSSR count). The van der Waals surface area contributed by atoms with E-state index in [1.54, 1.807) is 0 Å². The van der Waals surface area contributed by atoms with Gasteiger partial charge in [-0.2, -0.15) is 20.5 Å². The van der Waals surface area contributed by atoms with E-state index in [0.29, 0.717) is 37.1 Å². The van der Waals surface area contributed by atoms with Crippen molar-refractivity contribution in [3.05, 3.63) is 109 Å². The second kappa shape index (κ2) is 29.2. The number of carbonyl (C=O) groups excluding carboxylic acids is 2. The van der Waals surface area contributed by atoms with Crippen LogP contribution < -0.4 is 9.47 Å². The van der Waals surface area contributed by atoms with Gasteiger partial charge < -0.3 is 28.3 Å². The van der Waals surface area contributed by atoms with Gasteiger partial charge in [-0.15, -0.1) is 0 Å². The first-order valence-corrected chi connectivity index (χ1v) is 23.6. The van der Waals surface area contributed by atoms with Crippen LogP contribution in [-0.4, -0.2) is 88.1 Å². The van der Waals surface area contributed by atoms with Gasteiger partial charge in [-0.05, 0) is 98.5 Å². The summed E-state index contributed by atoms with van der Waals surface area (Å²) < 4.78 is 46.0. The number of phosphoric ester groups is 1. The molecule has 0 aliphatic rings. The van der Waals surface area contributed by atoms with Crippen LogP contribution >= 0.6 is 7.82 Å². The van der Waals surface area contributed by atoms with Crippen LogP contribution in [0.3, 0.4) is 0 Å². The molecule has 1 N–H and O–H groups in total. The summed E-state index contributed by atoms with van der Waals surface area (Å²) in [6.45, 7) is 0.833. The van der Waals surface area contributed by atoms with Crippen LogP contribution in [0.15, 0.2) is 130 Å². The van der Waals surface area contributed by atoms with E-state index in [1.165, 1.54) is 0 Å². The average Bonchev–Trinajstić information content (AvgIpc) is 3.28. The van der Waals surface area contributed by atoms with Gasteiger partial charge in [0.15, 0.2) is 6.10 Å². The van der Waals surface area contributed by atoms with E-state index in [1.807, 2.05) is 130 Å². The van der Waals surface area contributed by atoms with Crippen LogP contribution in [0.2, 0.25) is 0 Å². The number of benzene rings is 4. The minimum absolute atomic E-state index is 0.0102. The molecule has 0 spiro atoms. The number of azo groups is 2. The molecule has 0 aliphatic heterocycles. The molecule has 0 saturated carbocycles. The van der Waals surface area contributed by atoms with Crippen molar-refractivity contribution < 1.29 is 51.5 Å². The summed E-state index contributed by atoms with van der Waals surface area (Å²) in [7, 11) is 1.34. The van der Waals surface area contributed by atoms with E-state index < -0.39 is 32.5 Å². The third-order valence-corrected chi connectivity index (χ3v) is 10.5. The zero-order valence-electron chi connectivity index (χ0n) is 37.5. The van der Waals surface area contributed by atoms with Crippen molar-refractivity contribution in [3.8, 4) is 11.5 Å². The van der Waals surface area contributed by atoms with Crippen LogP contribution in [0, 0.1) is 0 Å². The Labute approximate surface area is 378 Å². The molecule has 346 valence electrons. The molecule has 16 heteroatoms. The van der Waals surface area contributed by atoms with Gasteiger partial charge in [0.2, 0.25) is 0 Å². The Kier molecular flexibility index (Phi) is 23.4. The molecule has 2 atom stereocenters. The molecule has 0 radical (unpaired) electrons. The molecule has 0 fully saturated rings. The van der Waals surface area contributed by atoms with Crippen LogP contribution in [0.25, 0.3) is 0 Å². The fourth-order valence-electron chi connectivity index (χ4n) is 5.89. The zero-order chi connectivity index (χ0) is 45.7. The SMILES string of the molecule is C[N+](C)(C)CCOP(=O)(O)OC[C@@H](COC(=O)CCCCCCCOc1ccc(N=Nc2ccccc2)cc1)OC(=O)CCCCCCCOc1ccc(N=Nc2ccccc2)cc1. The largest absolute Gasteiger partial charge is 0.494 e. The molecule has 0 aromatic heterocycles. The number of ether oxygens (including phenoxy) is 4. The van der Waals surface area contributed by atoms with Gasteiger partial charge in [0.1, 0.15) is 31.3 Å². The Hall–Kier alpha value is -5.31. The Bertz CT molecular complexity index is 2020. The number of unbranched alkanes of at least 4 members (excludes halogenated alkanes) is 8. The van der Waals surface area contributed by atoms with Crippen molar-refractivity contribution in [2.24, 2.45) is 20.5 Å². The minimum atomic E-state index is -4.44. The third kappa shape index (κ3) is 23.9. The predicted molar refractivity (Wildman–Crippen MR) is 246 cm³/mol. The number of esters is 2. The number of hydrogen-bond acceptors (Lipinski definition) is 13. The molecular formula is C48H65N5O10P+. The van der Waals surface area contributed by atoms with E-state index in [2.05, 4.69) is 20.5 Å². The van der Waals surface area contributed by atoms with E-state index in [-0.39, 0.29) is 26.1 Å². The molecule has 64 heavy (non-hydrogen) atoms. The second-order valence-electron chi connectivity index (χ2n) is 16.2. The Balaban J connectivity index is 1.07. The van der Waals surface area contributed by atoms with Gasteiger partial charge in [-0.25, -0.2) is 4.57 Å². The number of hydrogen-bond donors (Lipinski definition) is 1. The highest BCUT2D eigenvalue weighted by molar-refractivity contribution is 7.47. The van der Waals surface area contributed by atoms with Gasteiger partial charge in [-0.1, -0.05) is 74.9 Å². The van der Waals surface area contributed by atoms with Gasteiger partial charge in [0, 0.05) is 12.8 Å². The van der Waals surface area contributed by atoms with Gasteiger partial charge in [-0.3, -0.25) is 18.6 Å². The fourth-order valence-corrected chi connectivity index (χ4v) is 6.63. The summed E-state index contributed by atoms with van der Waals surface area (Å²) >= 11 is 0. The molecule has 0 bridgehead atoms. The molecule has 4 aromatic carbocycles. The lowest BCUT2D eigenvalue weighted by Crippen LogP contribution is -2.37. The van der Waals surface area contributed by atoms with Crippen molar-refractivity contribution in [1.29, 1.82) is 0 Å². The zero-order valence-corrected chi connectivity index (χ0v) is 38.4. The van der Waals surface area contributed by atoms with E-state index in [0.717, 1.165) is 85.6 Å². The molecule has 0 aliphatic carbocycles. The first kappa shape index (κ1) is 51.3. The van der Waals surface area contributed by atoms with E-state index in [9.17, 15) is 19.0 Å². The monoisotopic (exact) mass is 902 g/mol. The van der Waals surface area contributed by atoms with Gasteiger partial charge >= 0.3 is 19.8 Å². The highest BCUT2D eigenvalue weighted by Gasteiger charge is 2.27. The van der Waals surface area contributed by atoms with Crippen molar-refractivity contribution in [2.45, 2.75) is 83.2 Å². The Morgan fingerprint density at radius 2 is 0.953 bits per heavy atom. The lowest BCUT2D eigenvalue weighted by molar-refractivity contribution is -0.870. The van der Waals surface area contributed by atoms with Crippen LogP contribution in [0.5, 0.6) is 11.5 Å². The molecular weight excluding hydrogens is 838 g/mol. The van der Waals surface area contributed by atoms with Crippen molar-refractivity contribution >= 4 is 42.5 Å². The summed E-state index contributed by atoms with van der Waals surface area (Å²) in [6, 6.07) is 34.0. The van der Waals surface area contributed by atoms with Crippen molar-refractivity contribution in [3.63, 3.8) is 0 Å². The predicted octanol–water partition coefficient (Wildman–Crippen LogP) is 12.0. The van der Waals surface area contributed by atoms with Gasteiger partial charge in [0.25, 0.3) is 0 Å². The summed E-state index contributed by atoms with van der Waals surface area (Å²) in [5, 5.41) is 16.9. The topological polar surface area (TPSA) is 176 Å². The van der Waals surface area contributed by atoms with Crippen LogP contribution in [-0.2, 0) is 32.7 Å². The first-order chi connectivity index (χ1) is 30.9. The summed E-state index contributed by atoms with van der Waals surface area (Å²) in [5.41, 5.74) is 3.06. The molecule has 0 heterocycles. The third-order valence-electron chi connectivity index (χ3n) is 9.50. The average molecular weight is 903 g/mol. The standard InChI is InChI=1S/C48H64N5O10P/c1-53(2,3)34-37-61-64(56,57)62-39-46(63-48(55)25-17-7-5-9-19-36-59-45-32-28-43(29-33-45)52-50-41-22-14-11-15-23-41)38-60-47(54)24-16-6-4-8-18-35-58-44-30-26-42(27-31-44)51-49-40-20-12-10-13-21-40/h10-15,20-23,26-33,46H,4-9,16-19,24-25,34-39H2,1-3H3/p+1/t46-/m1/s1. The summed E-state index contributed by atoms with van der Waals surface area (Å²) in [5.74, 6) is 0.566. The van der Waals surface area contributed by atoms with E-state index in [4.69, 9.17) is 28.0 Å². The van der Waals surface area contributed by atoms with Crippen LogP contribution in [0.4, 0.5) is 22.7 Å². The maximum Gasteiger partial charge on any atom is 0.472 e. The first-order valence-electron chi connectivity index (χ1n) is 22.1. The molecule has 1 unspecified atom stereocenters. The number of nitrogens with zero attached hydrogens (tertiary/aromatic N) is 5. The minimum Gasteiger partial charge on any atom is -0.494 e. The number of rotatable bonds is 32. The second-order valence-corrected chi connectivity index (χ2v) is 17.7. The molecule has 0 amide bonds. The van der Waals surface area contributed by atoms with Crippen LogP contribution in [0.1, 0.15) is 77.0 Å².